The molecule has 14 N–H and O–H groups in total. The number of esters is 2. The Hall–Kier alpha value is -1.86. The normalized spacial score (nSPS) is 34.9. The molecule has 0 aromatic heterocycles. The van der Waals surface area contributed by atoms with Crippen molar-refractivity contribution in [3.8, 4) is 0 Å². The molecule has 0 aromatic rings. The quantitative estimate of drug-likeness (QED) is 0.0295. The van der Waals surface area contributed by atoms with Crippen LogP contribution in [0.1, 0.15) is 181 Å². The molecule has 0 bridgehead atoms. The largest absolute Gasteiger partial charge is 0.463 e. The number of aliphatic hydroxyl groups excluding tert-OH is 14. The van der Waals surface area contributed by atoms with Crippen LogP contribution in [0.3, 0.4) is 0 Å². The number of hydrogen-bond donors (Lipinski definition) is 14. The van der Waals surface area contributed by atoms with E-state index in [0.29, 0.717) is 12.8 Å². The highest BCUT2D eigenvalue weighted by Crippen LogP contribution is 2.38. The number of carbonyl (C=O) groups excluding carboxylic acids is 2. The van der Waals surface area contributed by atoms with Gasteiger partial charge in [0.1, 0.15) is 105 Å². The van der Waals surface area contributed by atoms with Gasteiger partial charge in [0.15, 0.2) is 12.6 Å². The van der Waals surface area contributed by atoms with E-state index < -0.39 is 161 Å². The highest BCUT2D eigenvalue weighted by molar-refractivity contribution is 5.69. The Morgan fingerprint density at radius 1 is 0.385 bits per heavy atom. The van der Waals surface area contributed by atoms with Gasteiger partial charge in [-0.2, -0.15) is 0 Å². The predicted molar refractivity (Wildman–Crippen MR) is 276 cm³/mol. The zero-order chi connectivity index (χ0) is 57.7. The highest BCUT2D eigenvalue weighted by atomic mass is 16.8. The number of hydrogen-bond acceptors (Lipinski definition) is 24. The molecule has 4 rings (SSSR count). The summed E-state index contributed by atoms with van der Waals surface area (Å²) in [6.45, 7) is 0.222. The van der Waals surface area contributed by atoms with Crippen LogP contribution in [0.5, 0.6) is 0 Å². The van der Waals surface area contributed by atoms with E-state index >= 15 is 0 Å². The monoisotopic (exact) mass is 1130 g/mol. The molecule has 0 aliphatic carbocycles. The topological polar surface area (TPSA) is 391 Å². The van der Waals surface area contributed by atoms with Crippen LogP contribution in [0, 0.1) is 0 Å². The summed E-state index contributed by atoms with van der Waals surface area (Å²) < 4.78 is 43.1. The Kier molecular flexibility index (Phi) is 34.4. The average Bonchev–Trinajstić information content (AvgIpc) is 3.92. The van der Waals surface area contributed by atoms with Crippen molar-refractivity contribution < 1.29 is 119 Å². The fourth-order valence-electron chi connectivity index (χ4n) is 9.96. The van der Waals surface area contributed by atoms with Crippen LogP contribution < -0.4 is 0 Å². The van der Waals surface area contributed by atoms with Gasteiger partial charge in [0.2, 0.25) is 11.6 Å². The molecule has 4 aliphatic heterocycles. The van der Waals surface area contributed by atoms with Crippen molar-refractivity contribution in [2.75, 3.05) is 39.6 Å². The van der Waals surface area contributed by atoms with Crippen LogP contribution in [-0.2, 0) is 47.5 Å². The molecule has 4 aliphatic rings. The zero-order valence-corrected chi connectivity index (χ0v) is 46.2. The molecule has 4 saturated heterocycles. The smallest absolute Gasteiger partial charge is 0.305 e. The minimum Gasteiger partial charge on any atom is -0.463 e. The minimum atomic E-state index is -2.27. The maximum atomic E-state index is 12.5. The Balaban J connectivity index is 0.000000415. The van der Waals surface area contributed by atoms with Crippen LogP contribution >= 0.6 is 0 Å². The van der Waals surface area contributed by atoms with E-state index in [0.717, 1.165) is 38.5 Å². The van der Waals surface area contributed by atoms with Gasteiger partial charge < -0.3 is 109 Å². The van der Waals surface area contributed by atoms with Gasteiger partial charge in [-0.05, 0) is 12.8 Å². The Labute approximate surface area is 459 Å². The van der Waals surface area contributed by atoms with Crippen LogP contribution in [0.25, 0.3) is 0 Å². The van der Waals surface area contributed by atoms with Gasteiger partial charge in [0, 0.05) is 12.8 Å². The van der Waals surface area contributed by atoms with Crippen molar-refractivity contribution in [2.45, 2.75) is 290 Å². The number of aliphatic hydroxyl groups is 14. The third kappa shape index (κ3) is 22.0. The summed E-state index contributed by atoms with van der Waals surface area (Å²) in [4.78, 5) is 24.6. The SMILES string of the molecule is CCCCCCCCCCCC(=O)OC[C@H]1O[C@H](O[C@]2(CO)O[C@H](CO)[C@@H](O)[C@@H]2O)[C@H](O)[C@@H](O)[C@@H]1O.CCCCCCCCCCCCCCCCCC(=O)OC[C@@]1(O[C@H]2O[C@H](CO)[C@@H](O)[C@H](O)[C@H]2O)O[C@H](CO)[C@@H](O)[C@@H]1O. The maximum Gasteiger partial charge on any atom is 0.305 e. The Morgan fingerprint density at radius 2 is 0.718 bits per heavy atom. The standard InChI is InChI=1S/C30H56O12.C24H44O12/c1-2-3-4-5-6-7-8-9-10-11-12-13-14-15-16-17-23(33)39-20-30(28(38)25(35)22(19-32)41-30)42-29-27(37)26(36)24(34)21(18-31)40-29;1-2-3-4-5-6-7-8-9-10-11-17(27)33-13-16-18(28)20(30)21(31)23(34-16)36-24(14-26)22(32)19(29)15(12-25)35-24/h21-22,24-29,31-32,34-38H,2-20H2,1H3;15-16,18-23,25-26,28-32H,2-14H2,1H3/t21-,22-,24-,25-,26+,27-,28+,29-,30+;15-,16-,18-,19-,20+,21-,22+,23-,24+/m11/s1. The molecule has 0 amide bonds. The summed E-state index contributed by atoms with van der Waals surface area (Å²) in [5.74, 6) is -5.59. The van der Waals surface area contributed by atoms with Gasteiger partial charge >= 0.3 is 11.9 Å². The third-order valence-electron chi connectivity index (χ3n) is 15.1. The summed E-state index contributed by atoms with van der Waals surface area (Å²) in [5, 5.41) is 141. The van der Waals surface area contributed by atoms with Crippen molar-refractivity contribution in [3.63, 3.8) is 0 Å². The van der Waals surface area contributed by atoms with Gasteiger partial charge in [-0.25, -0.2) is 0 Å². The molecule has 460 valence electrons. The molecular weight excluding hydrogens is 1030 g/mol. The fraction of sp³-hybridized carbons (Fsp3) is 0.963. The average molecular weight is 1130 g/mol. The first kappa shape index (κ1) is 70.4. The lowest BCUT2D eigenvalue weighted by molar-refractivity contribution is -0.383. The molecule has 18 atom stereocenters. The van der Waals surface area contributed by atoms with E-state index in [9.17, 15) is 81.1 Å². The molecule has 24 nitrogen and oxygen atoms in total. The number of rotatable bonds is 38. The van der Waals surface area contributed by atoms with E-state index in [2.05, 4.69) is 13.8 Å². The first-order valence-electron chi connectivity index (χ1n) is 29.0. The summed E-state index contributed by atoms with van der Waals surface area (Å²) in [6.07, 6.45) is 2.32. The molecule has 78 heavy (non-hydrogen) atoms. The second kappa shape index (κ2) is 38.1. The van der Waals surface area contributed by atoms with Gasteiger partial charge in [-0.15, -0.1) is 0 Å². The first-order chi connectivity index (χ1) is 37.4. The lowest BCUT2D eigenvalue weighted by atomic mass is 9.99. The summed E-state index contributed by atoms with van der Waals surface area (Å²) in [5.41, 5.74) is 0. The maximum absolute atomic E-state index is 12.5. The molecule has 0 unspecified atom stereocenters. The zero-order valence-electron chi connectivity index (χ0n) is 46.2. The summed E-state index contributed by atoms with van der Waals surface area (Å²) in [7, 11) is 0. The molecule has 0 saturated carbocycles. The van der Waals surface area contributed by atoms with Gasteiger partial charge in [-0.1, -0.05) is 155 Å². The molecular formula is C54H100O24. The lowest BCUT2D eigenvalue weighted by Crippen LogP contribution is -2.62. The second-order valence-corrected chi connectivity index (χ2v) is 21.4. The number of unbranched alkanes of at least 4 members (excludes halogenated alkanes) is 22. The fourth-order valence-corrected chi connectivity index (χ4v) is 9.96. The highest BCUT2D eigenvalue weighted by Gasteiger charge is 2.60. The summed E-state index contributed by atoms with van der Waals surface area (Å²) >= 11 is 0. The summed E-state index contributed by atoms with van der Waals surface area (Å²) in [6, 6.07) is 0. The van der Waals surface area contributed by atoms with Crippen LogP contribution in [0.4, 0.5) is 0 Å². The van der Waals surface area contributed by atoms with Crippen molar-refractivity contribution >= 4 is 11.9 Å². The number of carbonyl (C=O) groups is 2. The van der Waals surface area contributed by atoms with Gasteiger partial charge in [0.05, 0.1) is 19.8 Å². The lowest BCUT2D eigenvalue weighted by Gasteiger charge is -2.43. The van der Waals surface area contributed by atoms with E-state index in [4.69, 9.17) is 37.9 Å². The molecule has 24 heteroatoms. The van der Waals surface area contributed by atoms with Crippen molar-refractivity contribution in [1.29, 1.82) is 0 Å². The minimum absolute atomic E-state index is 0.121. The Bertz CT molecular complexity index is 1580. The Morgan fingerprint density at radius 3 is 1.10 bits per heavy atom. The molecule has 4 fully saturated rings. The van der Waals surface area contributed by atoms with Crippen molar-refractivity contribution in [2.24, 2.45) is 0 Å². The molecule has 0 spiro atoms. The van der Waals surface area contributed by atoms with E-state index in [1.54, 1.807) is 0 Å². The molecule has 0 radical (unpaired) electrons. The van der Waals surface area contributed by atoms with Crippen molar-refractivity contribution in [1.82, 2.24) is 0 Å². The van der Waals surface area contributed by atoms with Crippen molar-refractivity contribution in [3.05, 3.63) is 0 Å². The second-order valence-electron chi connectivity index (χ2n) is 21.4. The van der Waals surface area contributed by atoms with E-state index in [1.807, 2.05) is 0 Å². The van der Waals surface area contributed by atoms with E-state index in [-0.39, 0.29) is 12.8 Å². The predicted octanol–water partition coefficient (Wildman–Crippen LogP) is 0.493. The molecule has 4 heterocycles. The van der Waals surface area contributed by atoms with Gasteiger partial charge in [0.25, 0.3) is 0 Å². The third-order valence-corrected chi connectivity index (χ3v) is 15.1. The van der Waals surface area contributed by atoms with Crippen LogP contribution in [0.2, 0.25) is 0 Å². The van der Waals surface area contributed by atoms with Crippen LogP contribution in [-0.4, -0.2) is 233 Å². The molecule has 0 aromatic carbocycles. The van der Waals surface area contributed by atoms with Gasteiger partial charge in [-0.3, -0.25) is 9.59 Å². The van der Waals surface area contributed by atoms with Crippen LogP contribution in [0.15, 0.2) is 0 Å². The number of ether oxygens (including phenoxy) is 8. The van der Waals surface area contributed by atoms with E-state index in [1.165, 1.54) is 103 Å². The first-order valence-corrected chi connectivity index (χ1v) is 29.0.